The zero-order chi connectivity index (χ0) is 9.26. The number of likely N-dealkylation sites (tertiary alicyclic amines) is 1. The van der Waals surface area contributed by atoms with Crippen LogP contribution in [0.15, 0.2) is 0 Å². The molecule has 0 radical (unpaired) electrons. The number of nitrogens with zero attached hydrogens (tertiary/aromatic N) is 1. The first-order valence-corrected chi connectivity index (χ1v) is 4.86. The molecule has 0 saturated carbocycles. The highest BCUT2D eigenvalue weighted by molar-refractivity contribution is 5.99. The highest BCUT2D eigenvalue weighted by Gasteiger charge is 2.32. The largest absolute Gasteiger partial charge is 0.306 e. The van der Waals surface area contributed by atoms with Gasteiger partial charge in [-0.1, -0.05) is 0 Å². The third-order valence-corrected chi connectivity index (χ3v) is 2.70. The van der Waals surface area contributed by atoms with Gasteiger partial charge in [0.1, 0.15) is 0 Å². The molecule has 2 aliphatic heterocycles. The van der Waals surface area contributed by atoms with Gasteiger partial charge in [0.25, 0.3) is 0 Å². The second-order valence-electron chi connectivity index (χ2n) is 3.64. The lowest BCUT2D eigenvalue weighted by molar-refractivity contribution is -0.142. The Bertz CT molecular complexity index is 234. The Morgan fingerprint density at radius 2 is 2.31 bits per heavy atom. The number of hydrogen-bond acceptors (Lipinski definition) is 3. The summed E-state index contributed by atoms with van der Waals surface area (Å²) in [6, 6.07) is -0.0953. The highest BCUT2D eigenvalue weighted by Crippen LogP contribution is 2.14. The molecule has 4 heteroatoms. The van der Waals surface area contributed by atoms with Gasteiger partial charge in [-0.3, -0.25) is 14.5 Å². The Morgan fingerprint density at radius 3 is 2.85 bits per heavy atom. The van der Waals surface area contributed by atoms with Gasteiger partial charge < -0.3 is 5.32 Å². The molecule has 0 aromatic heterocycles. The lowest BCUT2D eigenvalue weighted by atomic mass is 10.2. The fraction of sp³-hybridized carbons (Fsp3) is 0.778. The molecule has 0 aromatic carbocycles. The van der Waals surface area contributed by atoms with Gasteiger partial charge in [0.05, 0.1) is 6.04 Å². The molecule has 2 aliphatic rings. The molecule has 0 spiro atoms. The minimum absolute atomic E-state index is 0.00120. The van der Waals surface area contributed by atoms with Crippen LogP contribution in [-0.2, 0) is 9.59 Å². The van der Waals surface area contributed by atoms with Crippen molar-refractivity contribution >= 4 is 11.8 Å². The standard InChI is InChI=1S/C9H14N2O2/c12-8-4-2-6-11(8)9(13)7-3-1-5-10-7/h7,10H,1-6H2/t7-/m0/s1. The average molecular weight is 182 g/mol. The lowest BCUT2D eigenvalue weighted by Gasteiger charge is -2.17. The molecular formula is C9H14N2O2. The van der Waals surface area contributed by atoms with Crippen LogP contribution >= 0.6 is 0 Å². The third-order valence-electron chi connectivity index (χ3n) is 2.70. The second kappa shape index (κ2) is 3.46. The Morgan fingerprint density at radius 1 is 1.46 bits per heavy atom. The van der Waals surface area contributed by atoms with E-state index >= 15 is 0 Å². The van der Waals surface area contributed by atoms with E-state index in [0.717, 1.165) is 25.8 Å². The number of rotatable bonds is 1. The predicted octanol–water partition coefficient (Wildman–Crippen LogP) is -0.113. The fourth-order valence-corrected chi connectivity index (χ4v) is 1.96. The fourth-order valence-electron chi connectivity index (χ4n) is 1.96. The van der Waals surface area contributed by atoms with Crippen LogP contribution in [0, 0.1) is 0 Å². The molecule has 0 aliphatic carbocycles. The van der Waals surface area contributed by atoms with Crippen LogP contribution in [0.4, 0.5) is 0 Å². The van der Waals surface area contributed by atoms with E-state index < -0.39 is 0 Å². The van der Waals surface area contributed by atoms with Crippen molar-refractivity contribution in [1.82, 2.24) is 10.2 Å². The quantitative estimate of drug-likeness (QED) is 0.575. The Kier molecular flexibility index (Phi) is 2.31. The van der Waals surface area contributed by atoms with Crippen molar-refractivity contribution in [1.29, 1.82) is 0 Å². The van der Waals surface area contributed by atoms with Gasteiger partial charge in [-0.15, -0.1) is 0 Å². The molecule has 2 heterocycles. The monoisotopic (exact) mass is 182 g/mol. The molecule has 0 unspecified atom stereocenters. The Labute approximate surface area is 77.3 Å². The van der Waals surface area contributed by atoms with Crippen molar-refractivity contribution in [3.8, 4) is 0 Å². The Hall–Kier alpha value is -0.900. The van der Waals surface area contributed by atoms with Gasteiger partial charge in [0.2, 0.25) is 11.8 Å². The van der Waals surface area contributed by atoms with Crippen LogP contribution in [0.5, 0.6) is 0 Å². The number of imide groups is 1. The topological polar surface area (TPSA) is 49.4 Å². The van der Waals surface area contributed by atoms with E-state index in [1.807, 2.05) is 0 Å². The van der Waals surface area contributed by atoms with E-state index in [-0.39, 0.29) is 17.9 Å². The maximum Gasteiger partial charge on any atom is 0.246 e. The number of carbonyl (C=O) groups is 2. The van der Waals surface area contributed by atoms with E-state index in [0.29, 0.717) is 13.0 Å². The predicted molar refractivity (Wildman–Crippen MR) is 47.0 cm³/mol. The Balaban J connectivity index is 1.99. The van der Waals surface area contributed by atoms with Crippen LogP contribution < -0.4 is 5.32 Å². The van der Waals surface area contributed by atoms with Crippen LogP contribution in [0.1, 0.15) is 25.7 Å². The molecule has 0 bridgehead atoms. The lowest BCUT2D eigenvalue weighted by Crippen LogP contribution is -2.44. The second-order valence-corrected chi connectivity index (χ2v) is 3.64. The van der Waals surface area contributed by atoms with Gasteiger partial charge >= 0.3 is 0 Å². The molecule has 1 atom stereocenters. The SMILES string of the molecule is O=C1CCCN1C(=O)[C@@H]1CCCN1. The minimum atomic E-state index is -0.0953. The van der Waals surface area contributed by atoms with Crippen molar-refractivity contribution in [3.05, 3.63) is 0 Å². The van der Waals surface area contributed by atoms with E-state index in [1.165, 1.54) is 4.90 Å². The summed E-state index contributed by atoms with van der Waals surface area (Å²) in [5.41, 5.74) is 0. The maximum absolute atomic E-state index is 11.7. The molecule has 1 N–H and O–H groups in total. The third kappa shape index (κ3) is 1.58. The molecule has 2 rings (SSSR count). The van der Waals surface area contributed by atoms with E-state index in [4.69, 9.17) is 0 Å². The van der Waals surface area contributed by atoms with Crippen LogP contribution in [0.25, 0.3) is 0 Å². The molecule has 0 aromatic rings. The number of amides is 2. The smallest absolute Gasteiger partial charge is 0.246 e. The molecule has 4 nitrogen and oxygen atoms in total. The normalized spacial score (nSPS) is 28.5. The van der Waals surface area contributed by atoms with Crippen molar-refractivity contribution in [2.24, 2.45) is 0 Å². The molecule has 2 saturated heterocycles. The summed E-state index contributed by atoms with van der Waals surface area (Å²) in [4.78, 5) is 24.4. The highest BCUT2D eigenvalue weighted by atomic mass is 16.2. The van der Waals surface area contributed by atoms with Gasteiger partial charge in [0, 0.05) is 13.0 Å². The van der Waals surface area contributed by atoms with E-state index in [1.54, 1.807) is 0 Å². The molecular weight excluding hydrogens is 168 g/mol. The zero-order valence-corrected chi connectivity index (χ0v) is 7.58. The molecule has 13 heavy (non-hydrogen) atoms. The van der Waals surface area contributed by atoms with Gasteiger partial charge in [-0.05, 0) is 25.8 Å². The summed E-state index contributed by atoms with van der Waals surface area (Å²) >= 11 is 0. The van der Waals surface area contributed by atoms with Crippen molar-refractivity contribution in [2.45, 2.75) is 31.7 Å². The zero-order valence-electron chi connectivity index (χ0n) is 7.58. The van der Waals surface area contributed by atoms with Crippen LogP contribution in [0.2, 0.25) is 0 Å². The molecule has 2 amide bonds. The first kappa shape index (κ1) is 8.69. The van der Waals surface area contributed by atoms with Crippen molar-refractivity contribution in [3.63, 3.8) is 0 Å². The number of hydrogen-bond donors (Lipinski definition) is 1. The number of nitrogens with one attached hydrogen (secondary N) is 1. The molecule has 2 fully saturated rings. The average Bonchev–Trinajstić information content (AvgIpc) is 2.72. The van der Waals surface area contributed by atoms with Gasteiger partial charge in [0.15, 0.2) is 0 Å². The van der Waals surface area contributed by atoms with Gasteiger partial charge in [-0.25, -0.2) is 0 Å². The minimum Gasteiger partial charge on any atom is -0.306 e. The molecule has 72 valence electrons. The summed E-state index contributed by atoms with van der Waals surface area (Å²) in [5.74, 6) is -0.0151. The summed E-state index contributed by atoms with van der Waals surface area (Å²) < 4.78 is 0. The van der Waals surface area contributed by atoms with E-state index in [2.05, 4.69) is 5.32 Å². The van der Waals surface area contributed by atoms with Crippen molar-refractivity contribution in [2.75, 3.05) is 13.1 Å². The first-order chi connectivity index (χ1) is 6.29. The van der Waals surface area contributed by atoms with Crippen molar-refractivity contribution < 1.29 is 9.59 Å². The summed E-state index contributed by atoms with van der Waals surface area (Å²) in [5, 5.41) is 3.11. The maximum atomic E-state index is 11.7. The summed E-state index contributed by atoms with van der Waals surface area (Å²) in [6.07, 6.45) is 3.29. The summed E-state index contributed by atoms with van der Waals surface area (Å²) in [7, 11) is 0. The van der Waals surface area contributed by atoms with Crippen LogP contribution in [0.3, 0.4) is 0 Å². The van der Waals surface area contributed by atoms with E-state index in [9.17, 15) is 9.59 Å². The van der Waals surface area contributed by atoms with Gasteiger partial charge in [-0.2, -0.15) is 0 Å². The summed E-state index contributed by atoms with van der Waals surface area (Å²) in [6.45, 7) is 1.52. The number of carbonyl (C=O) groups excluding carboxylic acids is 2. The first-order valence-electron chi connectivity index (χ1n) is 4.86. The van der Waals surface area contributed by atoms with Crippen LogP contribution in [-0.4, -0.2) is 35.8 Å².